The molecule has 0 amide bonds. The molecule has 0 aromatic rings. The van der Waals surface area contributed by atoms with E-state index in [9.17, 15) is 28.8 Å². The highest BCUT2D eigenvalue weighted by atomic mass is 16.1. The first-order valence-electron chi connectivity index (χ1n) is 24.7. The summed E-state index contributed by atoms with van der Waals surface area (Å²) in [7, 11) is 0. The number of nitriles is 4. The zero-order valence-corrected chi connectivity index (χ0v) is 49.1. The summed E-state index contributed by atoms with van der Waals surface area (Å²) in [6, 6.07) is 7.83. The number of allylic oxidation sites excluding steroid dienone is 12. The molecule has 0 radical (unpaired) electrons. The third kappa shape index (κ3) is 41.3. The van der Waals surface area contributed by atoms with Gasteiger partial charge in [0.25, 0.3) is 0 Å². The largest absolute Gasteiger partial charge is 0.295 e. The summed E-state index contributed by atoms with van der Waals surface area (Å²) in [5, 5.41) is 34.4. The summed E-state index contributed by atoms with van der Waals surface area (Å²) >= 11 is 0. The van der Waals surface area contributed by atoms with Gasteiger partial charge in [0, 0.05) is 58.3 Å². The van der Waals surface area contributed by atoms with E-state index in [0.717, 1.165) is 52.7 Å². The van der Waals surface area contributed by atoms with Gasteiger partial charge in [-0.1, -0.05) is 106 Å². The lowest BCUT2D eigenvalue weighted by molar-refractivity contribution is -0.117. The number of hydrogen-bond acceptors (Lipinski definition) is 10. The van der Waals surface area contributed by atoms with Gasteiger partial charge in [0.15, 0.2) is 28.9 Å². The minimum atomic E-state index is -0.187. The summed E-state index contributed by atoms with van der Waals surface area (Å²) in [5.41, 5.74) is 8.03. The molecule has 0 saturated carbocycles. The first-order chi connectivity index (χ1) is 32.9. The highest BCUT2D eigenvalue weighted by molar-refractivity contribution is 6.08. The molecular formula is C62H92N4O6. The summed E-state index contributed by atoms with van der Waals surface area (Å²) in [5.74, 6) is 7.20. The summed E-state index contributed by atoms with van der Waals surface area (Å²) < 4.78 is 0. The van der Waals surface area contributed by atoms with Crippen LogP contribution in [0.1, 0.15) is 205 Å². The molecular weight excluding hydrogens is 897 g/mol. The van der Waals surface area contributed by atoms with Crippen molar-refractivity contribution in [2.75, 3.05) is 0 Å². The van der Waals surface area contributed by atoms with E-state index >= 15 is 0 Å². The van der Waals surface area contributed by atoms with Gasteiger partial charge in [0.1, 0.15) is 12.1 Å². The standard InChI is InChI=1S/2C11H16O.4C10H15NO/c1-6-11(7-8(2)3)9(4)10(5)12;1-6-11(12)10(5)9(4)7-8(2)3;2*1-7(2)5-10(12)9(4)8(3)6-11;1-7(2)5-8(3)10(6-11)9(4)12;1-7(2)5-10(12)9(6-11)8(3)4/h2*1,8H,7H2,2-5H3;4*7H,5H2,1-4H3/b11-9+;10-9+;9-8+;9-8-;10-8+;. The molecule has 0 atom stereocenters. The maximum absolute atomic E-state index is 11.3. The molecule has 0 aliphatic rings. The first kappa shape index (κ1) is 77.0. The van der Waals surface area contributed by atoms with Crippen LogP contribution in [0.5, 0.6) is 0 Å². The van der Waals surface area contributed by atoms with Gasteiger partial charge in [-0.25, -0.2) is 0 Å². The average Bonchev–Trinajstić information content (AvgIpc) is 3.26. The second kappa shape index (κ2) is 43.3. The van der Waals surface area contributed by atoms with Gasteiger partial charge in [-0.15, -0.1) is 12.8 Å². The molecule has 0 saturated heterocycles. The highest BCUT2D eigenvalue weighted by Gasteiger charge is 2.13. The molecule has 0 bridgehead atoms. The van der Waals surface area contributed by atoms with Crippen LogP contribution >= 0.6 is 0 Å². The Kier molecular flexibility index (Phi) is 46.4. The SMILES string of the molecule is C#C/C(CC(C)C)=C(/C)C(C)=O.C#CC(=O)/C(C)=C(\C)CC(C)C.C/C(C#N)=C(/C)C(=O)CC(C)C.C/C(C#N)=C(\C)C(=O)CC(C)C.CC(=O)/C(C#N)=C(\C)CC(C)C.CC(C)=C(C#N)C(=O)CC(C)C. The molecule has 0 heterocycles. The second-order valence-corrected chi connectivity index (χ2v) is 20.6. The lowest BCUT2D eigenvalue weighted by Gasteiger charge is -2.06. The van der Waals surface area contributed by atoms with Crippen molar-refractivity contribution in [3.8, 4) is 49.0 Å². The minimum absolute atomic E-state index is 0.0347. The molecule has 0 fully saturated rings. The van der Waals surface area contributed by atoms with E-state index in [1.165, 1.54) is 6.92 Å². The van der Waals surface area contributed by atoms with E-state index in [1.54, 1.807) is 62.3 Å². The van der Waals surface area contributed by atoms with Crippen LogP contribution in [0.15, 0.2) is 66.9 Å². The van der Waals surface area contributed by atoms with Crippen LogP contribution in [0, 0.1) is 106 Å². The van der Waals surface area contributed by atoms with Crippen molar-refractivity contribution in [2.24, 2.45) is 35.5 Å². The molecule has 0 aliphatic carbocycles. The van der Waals surface area contributed by atoms with Gasteiger partial charge >= 0.3 is 0 Å². The third-order valence-electron chi connectivity index (χ3n) is 10.2. The van der Waals surface area contributed by atoms with Crippen LogP contribution in [-0.2, 0) is 28.8 Å². The zero-order valence-electron chi connectivity index (χ0n) is 49.1. The highest BCUT2D eigenvalue weighted by Crippen LogP contribution is 2.17. The van der Waals surface area contributed by atoms with E-state index in [4.69, 9.17) is 33.9 Å². The molecule has 0 aromatic carbocycles. The Balaban J connectivity index is -0.000000181. The van der Waals surface area contributed by atoms with Gasteiger partial charge in [-0.2, -0.15) is 21.0 Å². The number of hydrogen-bond donors (Lipinski definition) is 0. The fourth-order valence-electron chi connectivity index (χ4n) is 5.76. The monoisotopic (exact) mass is 989 g/mol. The lowest BCUT2D eigenvalue weighted by atomic mass is 9.98. The van der Waals surface area contributed by atoms with Crippen LogP contribution < -0.4 is 0 Å². The number of nitrogens with zero attached hydrogens (tertiary/aromatic N) is 4. The van der Waals surface area contributed by atoms with Gasteiger partial charge in [0.2, 0.25) is 5.78 Å². The van der Waals surface area contributed by atoms with Crippen LogP contribution in [0.4, 0.5) is 0 Å². The number of rotatable bonds is 18. The Morgan fingerprint density at radius 1 is 0.361 bits per heavy atom. The van der Waals surface area contributed by atoms with Crippen molar-refractivity contribution in [2.45, 2.75) is 205 Å². The molecule has 0 rings (SSSR count). The Morgan fingerprint density at radius 2 is 0.681 bits per heavy atom. The van der Waals surface area contributed by atoms with E-state index in [-0.39, 0.29) is 34.7 Å². The Morgan fingerprint density at radius 3 is 0.917 bits per heavy atom. The van der Waals surface area contributed by atoms with Crippen LogP contribution in [-0.4, -0.2) is 34.7 Å². The lowest BCUT2D eigenvalue weighted by Crippen LogP contribution is -2.06. The average molecular weight is 989 g/mol. The topological polar surface area (TPSA) is 198 Å². The fraction of sp³-hybridized carbons (Fsp3) is 0.581. The molecule has 0 aromatic heterocycles. The predicted molar refractivity (Wildman–Crippen MR) is 297 cm³/mol. The maximum Gasteiger partial charge on any atom is 0.231 e. The zero-order chi connectivity index (χ0) is 58.3. The van der Waals surface area contributed by atoms with Crippen molar-refractivity contribution in [1.82, 2.24) is 0 Å². The summed E-state index contributed by atoms with van der Waals surface area (Å²) in [6.07, 6.45) is 14.4. The number of carbonyl (C=O) groups excluding carboxylic acids is 6. The molecule has 10 heteroatoms. The van der Waals surface area contributed by atoms with E-state index in [0.29, 0.717) is 88.2 Å². The van der Waals surface area contributed by atoms with Gasteiger partial charge in [-0.3, -0.25) is 28.8 Å². The third-order valence-corrected chi connectivity index (χ3v) is 10.2. The number of carbonyl (C=O) groups is 6. The quantitative estimate of drug-likeness (QED) is 0.0551. The van der Waals surface area contributed by atoms with E-state index in [2.05, 4.69) is 53.4 Å². The van der Waals surface area contributed by atoms with Crippen molar-refractivity contribution in [3.05, 3.63) is 66.9 Å². The number of Topliss-reactive ketones (excluding diaryl/α,β-unsaturated/α-hetero) is 6. The van der Waals surface area contributed by atoms with Crippen LogP contribution in [0.3, 0.4) is 0 Å². The number of terminal acetylenes is 2. The molecule has 0 aliphatic heterocycles. The fourth-order valence-corrected chi connectivity index (χ4v) is 5.76. The van der Waals surface area contributed by atoms with Crippen molar-refractivity contribution >= 4 is 34.7 Å². The van der Waals surface area contributed by atoms with Gasteiger partial charge < -0.3 is 0 Å². The van der Waals surface area contributed by atoms with Crippen LogP contribution in [0.25, 0.3) is 0 Å². The summed E-state index contributed by atoms with van der Waals surface area (Å²) in [6.45, 7) is 45.2. The normalized spacial score (nSPS) is 11.8. The Hall–Kier alpha value is -6.46. The molecule has 0 spiro atoms. The second-order valence-electron chi connectivity index (χ2n) is 20.6. The van der Waals surface area contributed by atoms with Crippen LogP contribution in [0.2, 0.25) is 0 Å². The molecule has 396 valence electrons. The predicted octanol–water partition coefficient (Wildman–Crippen LogP) is 15.0. The maximum atomic E-state index is 11.3. The van der Waals surface area contributed by atoms with E-state index < -0.39 is 0 Å². The van der Waals surface area contributed by atoms with Gasteiger partial charge in [-0.05, 0) is 144 Å². The van der Waals surface area contributed by atoms with Crippen molar-refractivity contribution < 1.29 is 28.8 Å². The smallest absolute Gasteiger partial charge is 0.231 e. The molecule has 72 heavy (non-hydrogen) atoms. The molecule has 10 nitrogen and oxygen atoms in total. The Labute approximate surface area is 438 Å². The Bertz CT molecular complexity index is 2230. The van der Waals surface area contributed by atoms with Crippen molar-refractivity contribution in [3.63, 3.8) is 0 Å². The van der Waals surface area contributed by atoms with Gasteiger partial charge in [0.05, 0.1) is 23.3 Å². The summed E-state index contributed by atoms with van der Waals surface area (Å²) in [4.78, 5) is 67.0. The van der Waals surface area contributed by atoms with Crippen molar-refractivity contribution in [1.29, 1.82) is 21.0 Å². The first-order valence-corrected chi connectivity index (χ1v) is 24.7. The number of ketones is 6. The minimum Gasteiger partial charge on any atom is -0.295 e. The van der Waals surface area contributed by atoms with E-state index in [1.807, 2.05) is 79.7 Å². The molecule has 0 N–H and O–H groups in total. The molecule has 0 unspecified atom stereocenters.